The molecule has 0 saturated carbocycles. The molecule has 0 unspecified atom stereocenters. The van der Waals surface area contributed by atoms with Crippen LogP contribution in [0.2, 0.25) is 0 Å². The zero-order valence-electron chi connectivity index (χ0n) is 19.8. The predicted molar refractivity (Wildman–Crippen MR) is 138 cm³/mol. The van der Waals surface area contributed by atoms with E-state index in [4.69, 9.17) is 9.15 Å². The van der Waals surface area contributed by atoms with Crippen LogP contribution in [-0.2, 0) is 10.0 Å². The van der Waals surface area contributed by atoms with Crippen molar-refractivity contribution in [2.75, 3.05) is 25.5 Å². The highest BCUT2D eigenvalue weighted by atomic mass is 32.2. The molecule has 8 nitrogen and oxygen atoms in total. The van der Waals surface area contributed by atoms with E-state index in [0.717, 1.165) is 18.2 Å². The third-order valence-corrected chi connectivity index (χ3v) is 8.08. The number of nitrogens with one attached hydrogen (secondary N) is 1. The number of ether oxygens (including phenoxy) is 1. The molecule has 4 rings (SSSR count). The Kier molecular flexibility index (Phi) is 7.54. The monoisotopic (exact) mass is 513 g/mol. The number of hydrogen-bond donors (Lipinski definition) is 1. The summed E-state index contributed by atoms with van der Waals surface area (Å²) in [7, 11) is -2.00. The fourth-order valence-electron chi connectivity index (χ4n) is 3.66. The van der Waals surface area contributed by atoms with E-state index in [0.29, 0.717) is 46.6 Å². The lowest BCUT2D eigenvalue weighted by molar-refractivity contribution is 0.102. The van der Waals surface area contributed by atoms with E-state index in [1.807, 2.05) is 38.1 Å². The molecule has 4 aromatic rings. The van der Waals surface area contributed by atoms with Crippen LogP contribution in [0.15, 0.2) is 63.2 Å². The van der Waals surface area contributed by atoms with Crippen molar-refractivity contribution >= 4 is 43.4 Å². The molecule has 0 bridgehead atoms. The highest BCUT2D eigenvalue weighted by Crippen LogP contribution is 2.32. The van der Waals surface area contributed by atoms with Gasteiger partial charge in [-0.1, -0.05) is 13.8 Å². The number of fused-ring (bicyclic) bond motifs is 1. The van der Waals surface area contributed by atoms with Crippen LogP contribution < -0.4 is 10.1 Å². The number of aromatic nitrogens is 1. The summed E-state index contributed by atoms with van der Waals surface area (Å²) >= 11 is 1.28. The second-order valence-electron chi connectivity index (χ2n) is 7.93. The largest absolute Gasteiger partial charge is 0.497 e. The molecule has 0 fully saturated rings. The van der Waals surface area contributed by atoms with E-state index in [9.17, 15) is 13.2 Å². The molecule has 0 saturated heterocycles. The number of nitrogens with zero attached hydrogens (tertiary/aromatic N) is 2. The maximum Gasteiger partial charge on any atom is 0.257 e. The zero-order valence-corrected chi connectivity index (χ0v) is 21.4. The van der Waals surface area contributed by atoms with Gasteiger partial charge in [0.1, 0.15) is 17.0 Å². The van der Waals surface area contributed by atoms with E-state index in [1.165, 1.54) is 39.9 Å². The fourth-order valence-corrected chi connectivity index (χ4v) is 5.98. The molecule has 0 aliphatic heterocycles. The summed E-state index contributed by atoms with van der Waals surface area (Å²) in [4.78, 5) is 17.4. The molecule has 1 amide bonds. The summed E-state index contributed by atoms with van der Waals surface area (Å²) in [5, 5.41) is 5.91. The van der Waals surface area contributed by atoms with Crippen molar-refractivity contribution in [2.45, 2.75) is 31.6 Å². The average Bonchev–Trinajstić information content (AvgIpc) is 3.50. The van der Waals surface area contributed by atoms with Crippen LogP contribution in [0.5, 0.6) is 5.75 Å². The summed E-state index contributed by atoms with van der Waals surface area (Å²) in [5.41, 5.74) is 1.63. The summed E-state index contributed by atoms with van der Waals surface area (Å²) in [6.45, 7) is 4.81. The zero-order chi connectivity index (χ0) is 25.0. The molecule has 0 radical (unpaired) electrons. The Labute approximate surface area is 208 Å². The SMILES string of the molecule is CCCN(CCC)S(=O)(=O)c1ccc(C(=O)Nc2nc(-c3cc4ccc(OC)cc4o3)cs2)cc1. The van der Waals surface area contributed by atoms with Gasteiger partial charge in [-0.2, -0.15) is 4.31 Å². The number of rotatable bonds is 10. The third kappa shape index (κ3) is 5.39. The maximum atomic E-state index is 12.9. The number of carbonyl (C=O) groups excluding carboxylic acids is 1. The van der Waals surface area contributed by atoms with E-state index in [-0.39, 0.29) is 10.8 Å². The lowest BCUT2D eigenvalue weighted by Gasteiger charge is -2.21. The molecule has 2 aromatic heterocycles. The van der Waals surface area contributed by atoms with Gasteiger partial charge in [-0.25, -0.2) is 13.4 Å². The van der Waals surface area contributed by atoms with E-state index >= 15 is 0 Å². The molecule has 35 heavy (non-hydrogen) atoms. The Hall–Kier alpha value is -3.21. The summed E-state index contributed by atoms with van der Waals surface area (Å²) in [5.74, 6) is 0.915. The molecule has 0 atom stereocenters. The fraction of sp³-hybridized carbons (Fsp3) is 0.280. The minimum absolute atomic E-state index is 0.175. The van der Waals surface area contributed by atoms with E-state index in [2.05, 4.69) is 10.3 Å². The Bertz CT molecular complexity index is 1420. The smallest absolute Gasteiger partial charge is 0.257 e. The van der Waals surface area contributed by atoms with Crippen molar-refractivity contribution < 1.29 is 22.4 Å². The van der Waals surface area contributed by atoms with Crippen molar-refractivity contribution in [1.82, 2.24) is 9.29 Å². The first-order valence-corrected chi connectivity index (χ1v) is 13.6. The number of carbonyl (C=O) groups is 1. The first kappa shape index (κ1) is 24.9. The normalized spacial score (nSPS) is 11.8. The summed E-state index contributed by atoms with van der Waals surface area (Å²) in [6, 6.07) is 13.4. The van der Waals surface area contributed by atoms with Gasteiger partial charge in [-0.05, 0) is 55.3 Å². The molecule has 0 spiro atoms. The van der Waals surface area contributed by atoms with Gasteiger partial charge >= 0.3 is 0 Å². The van der Waals surface area contributed by atoms with Gasteiger partial charge in [0.05, 0.1) is 12.0 Å². The lowest BCUT2D eigenvalue weighted by atomic mass is 10.2. The van der Waals surface area contributed by atoms with Gasteiger partial charge in [-0.15, -0.1) is 11.3 Å². The maximum absolute atomic E-state index is 12.9. The molecule has 1 N–H and O–H groups in total. The number of thiazole rings is 1. The minimum atomic E-state index is -3.60. The summed E-state index contributed by atoms with van der Waals surface area (Å²) in [6.07, 6.45) is 1.47. The van der Waals surface area contributed by atoms with Crippen LogP contribution >= 0.6 is 11.3 Å². The van der Waals surface area contributed by atoms with Crippen LogP contribution in [0.1, 0.15) is 37.0 Å². The summed E-state index contributed by atoms with van der Waals surface area (Å²) < 4.78 is 38.4. The highest BCUT2D eigenvalue weighted by molar-refractivity contribution is 7.89. The standard InChI is InChI=1S/C25H27N3O5S2/c1-4-12-28(13-5-2)35(30,31)20-10-7-17(8-11-20)24(29)27-25-26-21(16-34-25)23-14-18-6-9-19(32-3)15-22(18)33-23/h6-11,14-16H,4-5,12-13H2,1-3H3,(H,26,27,29). The van der Waals surface area contributed by atoms with Gasteiger partial charge in [0.2, 0.25) is 10.0 Å². The van der Waals surface area contributed by atoms with Crippen LogP contribution in [0.25, 0.3) is 22.4 Å². The number of methoxy groups -OCH3 is 1. The number of hydrogen-bond acceptors (Lipinski definition) is 7. The van der Waals surface area contributed by atoms with Crippen LogP contribution in [0.3, 0.4) is 0 Å². The van der Waals surface area contributed by atoms with Crippen molar-refractivity contribution in [3.8, 4) is 17.2 Å². The van der Waals surface area contributed by atoms with E-state index < -0.39 is 10.0 Å². The predicted octanol–water partition coefficient (Wildman–Crippen LogP) is 5.63. The highest BCUT2D eigenvalue weighted by Gasteiger charge is 2.23. The number of sulfonamides is 1. The molecule has 10 heteroatoms. The number of anilines is 1. The average molecular weight is 514 g/mol. The van der Waals surface area contributed by atoms with Gasteiger partial charge in [0.25, 0.3) is 5.91 Å². The molecule has 0 aliphatic carbocycles. The second kappa shape index (κ2) is 10.6. The molecule has 0 aliphatic rings. The molecular formula is C25H27N3O5S2. The Balaban J connectivity index is 1.47. The Morgan fingerprint density at radius 1 is 1.09 bits per heavy atom. The van der Waals surface area contributed by atoms with Gasteiger partial charge in [0, 0.05) is 35.5 Å². The van der Waals surface area contributed by atoms with Crippen LogP contribution in [0, 0.1) is 0 Å². The molecule has 2 aromatic carbocycles. The second-order valence-corrected chi connectivity index (χ2v) is 10.7. The van der Waals surface area contributed by atoms with Crippen molar-refractivity contribution in [1.29, 1.82) is 0 Å². The minimum Gasteiger partial charge on any atom is -0.497 e. The van der Waals surface area contributed by atoms with E-state index in [1.54, 1.807) is 12.5 Å². The first-order chi connectivity index (χ1) is 16.8. The van der Waals surface area contributed by atoms with Gasteiger partial charge in [0.15, 0.2) is 10.9 Å². The Morgan fingerprint density at radius 2 is 1.80 bits per heavy atom. The van der Waals surface area contributed by atoms with Crippen molar-refractivity contribution in [3.63, 3.8) is 0 Å². The van der Waals surface area contributed by atoms with Crippen LogP contribution in [-0.4, -0.2) is 43.8 Å². The molecule has 184 valence electrons. The third-order valence-electron chi connectivity index (χ3n) is 5.40. The van der Waals surface area contributed by atoms with Crippen LogP contribution in [0.4, 0.5) is 5.13 Å². The molecule has 2 heterocycles. The number of furan rings is 1. The number of benzene rings is 2. The number of amides is 1. The lowest BCUT2D eigenvalue weighted by Crippen LogP contribution is -2.32. The quantitative estimate of drug-likeness (QED) is 0.295. The Morgan fingerprint density at radius 3 is 2.46 bits per heavy atom. The van der Waals surface area contributed by atoms with Gasteiger partial charge in [-0.3, -0.25) is 10.1 Å². The molecular weight excluding hydrogens is 486 g/mol. The first-order valence-electron chi connectivity index (χ1n) is 11.3. The van der Waals surface area contributed by atoms with Crippen molar-refractivity contribution in [2.24, 2.45) is 0 Å². The topological polar surface area (TPSA) is 102 Å². The van der Waals surface area contributed by atoms with Crippen molar-refractivity contribution in [3.05, 3.63) is 59.5 Å². The van der Waals surface area contributed by atoms with Gasteiger partial charge < -0.3 is 9.15 Å².